The highest BCUT2D eigenvalue weighted by atomic mass is 31.2. The van der Waals surface area contributed by atoms with Crippen LogP contribution in [0.15, 0.2) is 0 Å². The third kappa shape index (κ3) is 0.472. The number of phosphoric acid groups is 1. The summed E-state index contributed by atoms with van der Waals surface area (Å²) in [6, 6.07) is 0. The van der Waals surface area contributed by atoms with E-state index in [1.165, 1.54) is 0 Å². The molecule has 3 heterocycles. The van der Waals surface area contributed by atoms with Gasteiger partial charge in [0.05, 0.1) is 0 Å². The smallest absolute Gasteiger partial charge is 0.275 e. The van der Waals surface area contributed by atoms with Crippen molar-refractivity contribution in [3.8, 4) is 0 Å². The van der Waals surface area contributed by atoms with Gasteiger partial charge in [-0.05, 0) is 0 Å². The van der Waals surface area contributed by atoms with E-state index in [9.17, 15) is 4.57 Å². The minimum absolute atomic E-state index is 1.61. The third-order valence-electron chi connectivity index (χ3n) is 0.835. The molecular weight excluding hydrogens is 151 g/mol. The first-order chi connectivity index (χ1) is 3.62. The fourth-order valence-electron chi connectivity index (χ4n) is 0.587. The van der Waals surface area contributed by atoms with Crippen LogP contribution in [0.4, 0.5) is 0 Å². The summed E-state index contributed by atoms with van der Waals surface area (Å²) in [5, 5.41) is 0. The molecule has 0 N–H and O–H groups in total. The van der Waals surface area contributed by atoms with E-state index < -0.39 is 16.6 Å². The fourth-order valence-corrected chi connectivity index (χ4v) is 5.28. The van der Waals surface area contributed by atoms with E-state index >= 15 is 0 Å². The lowest BCUT2D eigenvalue weighted by Gasteiger charge is -2.22. The molecule has 0 atom stereocenters. The summed E-state index contributed by atoms with van der Waals surface area (Å²) in [5.74, 6) is 0. The quantitative estimate of drug-likeness (QED) is 0.291. The molecule has 0 amide bonds. The molecule has 0 unspecified atom stereocenters. The average Bonchev–Trinajstić information content (AvgIpc) is 1.88. The van der Waals surface area contributed by atoms with E-state index in [2.05, 4.69) is 17.7 Å². The molecule has 0 saturated carbocycles. The third-order valence-corrected chi connectivity index (χ3v) is 6.06. The number of fused-ring (bicyclic) bond motifs is 1. The Labute approximate surface area is 46.4 Å². The van der Waals surface area contributed by atoms with Gasteiger partial charge in [0.1, 0.15) is 0 Å². The Bertz CT molecular complexity index is 167. The summed E-state index contributed by atoms with van der Waals surface area (Å²) in [6.07, 6.45) is 0. The molecule has 0 aromatic rings. The highest BCUT2D eigenvalue weighted by Crippen LogP contribution is 2.69. The zero-order valence-corrected chi connectivity index (χ0v) is 5.88. The Morgan fingerprint density at radius 1 is 1.50 bits per heavy atom. The minimum atomic E-state index is -3.13. The summed E-state index contributed by atoms with van der Waals surface area (Å²) in [6.45, 7) is 1.61. The van der Waals surface area contributed by atoms with Crippen LogP contribution >= 0.6 is 7.82 Å². The molecule has 3 rings (SSSR count). The molecule has 46 valence electrons. The van der Waals surface area contributed by atoms with Crippen LogP contribution in [0, 0.1) is 0 Å². The number of hydrogen-bond donors (Lipinski definition) is 0. The van der Waals surface area contributed by atoms with Crippen LogP contribution in [-0.2, 0) is 22.2 Å². The van der Waals surface area contributed by atoms with Gasteiger partial charge in [0, 0.05) is 6.55 Å². The van der Waals surface area contributed by atoms with Gasteiger partial charge < -0.3 is 0 Å². The lowest BCUT2D eigenvalue weighted by Crippen LogP contribution is -2.39. The van der Waals surface area contributed by atoms with Gasteiger partial charge in [-0.1, -0.05) is 0 Å². The Hall–Kier alpha value is 0.287. The maximum atomic E-state index is 10.5. The SMILES string of the molecule is C[Si]12OOP(=O)(O1)O2. The Morgan fingerprint density at radius 2 is 2.12 bits per heavy atom. The van der Waals surface area contributed by atoms with Crippen molar-refractivity contribution < 1.29 is 22.2 Å². The Balaban J connectivity index is 2.34. The van der Waals surface area contributed by atoms with Gasteiger partial charge in [-0.2, -0.15) is 0 Å². The molecule has 5 nitrogen and oxygen atoms in total. The Morgan fingerprint density at radius 3 is 2.25 bits per heavy atom. The number of hydrogen-bond acceptors (Lipinski definition) is 5. The molecule has 3 aliphatic rings. The van der Waals surface area contributed by atoms with Gasteiger partial charge in [-0.15, -0.1) is 4.67 Å². The first-order valence-corrected chi connectivity index (χ1v) is 5.69. The molecule has 0 radical (unpaired) electrons. The molecule has 0 aliphatic carbocycles. The Kier molecular flexibility index (Phi) is 0.692. The van der Waals surface area contributed by atoms with Crippen LogP contribution in [0.2, 0.25) is 6.55 Å². The van der Waals surface area contributed by atoms with Gasteiger partial charge in [0.2, 0.25) is 0 Å². The molecule has 3 aliphatic heterocycles. The van der Waals surface area contributed by atoms with Crippen LogP contribution in [0.3, 0.4) is 0 Å². The van der Waals surface area contributed by atoms with Gasteiger partial charge in [0.25, 0.3) is 0 Å². The lowest BCUT2D eigenvalue weighted by atomic mass is 11.9. The molecule has 7 heteroatoms. The predicted octanol–water partition coefficient (Wildman–Crippen LogP) is 0.672. The van der Waals surface area contributed by atoms with Gasteiger partial charge >= 0.3 is 16.6 Å². The van der Waals surface area contributed by atoms with E-state index in [0.29, 0.717) is 0 Å². The van der Waals surface area contributed by atoms with Gasteiger partial charge in [0.15, 0.2) is 0 Å². The molecule has 0 aromatic carbocycles. The maximum Gasteiger partial charge on any atom is 0.544 e. The van der Waals surface area contributed by atoms with Crippen LogP contribution in [0.25, 0.3) is 0 Å². The highest BCUT2D eigenvalue weighted by Gasteiger charge is 2.69. The van der Waals surface area contributed by atoms with Crippen LogP contribution < -0.4 is 0 Å². The molecule has 3 fully saturated rings. The fraction of sp³-hybridized carbons (Fsp3) is 1.00. The van der Waals surface area contributed by atoms with Crippen molar-refractivity contribution in [1.29, 1.82) is 0 Å². The van der Waals surface area contributed by atoms with Crippen LogP contribution in [-0.4, -0.2) is 8.80 Å². The first-order valence-electron chi connectivity index (χ1n) is 2.01. The van der Waals surface area contributed by atoms with Crippen LogP contribution in [0.5, 0.6) is 0 Å². The van der Waals surface area contributed by atoms with E-state index in [1.807, 2.05) is 0 Å². The second-order valence-electron chi connectivity index (χ2n) is 1.65. The van der Waals surface area contributed by atoms with Crippen molar-refractivity contribution in [2.75, 3.05) is 0 Å². The van der Waals surface area contributed by atoms with Crippen molar-refractivity contribution >= 4 is 16.6 Å². The zero-order valence-electron chi connectivity index (χ0n) is 3.99. The molecular formula is CH3O5PSi. The second-order valence-corrected chi connectivity index (χ2v) is 6.05. The van der Waals surface area contributed by atoms with E-state index in [4.69, 9.17) is 0 Å². The van der Waals surface area contributed by atoms with Crippen molar-refractivity contribution in [2.45, 2.75) is 6.55 Å². The van der Waals surface area contributed by atoms with Crippen molar-refractivity contribution in [3.63, 3.8) is 0 Å². The first kappa shape index (κ1) is 5.10. The lowest BCUT2D eigenvalue weighted by molar-refractivity contribution is -0.0863. The second kappa shape index (κ2) is 1.09. The average molecular weight is 154 g/mol. The maximum absolute atomic E-state index is 10.5. The minimum Gasteiger partial charge on any atom is -0.275 e. The van der Waals surface area contributed by atoms with Crippen molar-refractivity contribution in [2.24, 2.45) is 0 Å². The molecule has 3 saturated heterocycles. The van der Waals surface area contributed by atoms with Crippen molar-refractivity contribution in [3.05, 3.63) is 0 Å². The summed E-state index contributed by atoms with van der Waals surface area (Å²) < 4.78 is 28.5. The van der Waals surface area contributed by atoms with Crippen molar-refractivity contribution in [1.82, 2.24) is 0 Å². The summed E-state index contributed by atoms with van der Waals surface area (Å²) in [5.41, 5.74) is 0. The van der Waals surface area contributed by atoms with Gasteiger partial charge in [-0.25, -0.2) is 9.14 Å². The summed E-state index contributed by atoms with van der Waals surface area (Å²) in [4.78, 5) is 0. The largest absolute Gasteiger partial charge is 0.544 e. The van der Waals surface area contributed by atoms with Gasteiger partial charge in [-0.3, -0.25) is 8.43 Å². The molecule has 0 aromatic heterocycles. The van der Waals surface area contributed by atoms with E-state index in [0.717, 1.165) is 0 Å². The topological polar surface area (TPSA) is 54.0 Å². The predicted molar refractivity (Wildman–Crippen MR) is 23.6 cm³/mol. The summed E-state index contributed by atoms with van der Waals surface area (Å²) >= 11 is 0. The molecule has 2 bridgehead atoms. The molecule has 0 spiro atoms. The number of rotatable bonds is 0. The zero-order chi connectivity index (χ0) is 5.83. The monoisotopic (exact) mass is 154 g/mol. The summed E-state index contributed by atoms with van der Waals surface area (Å²) in [7, 11) is -5.58. The highest BCUT2D eigenvalue weighted by molar-refractivity contribution is 7.56. The van der Waals surface area contributed by atoms with E-state index in [-0.39, 0.29) is 0 Å². The standard InChI is InChI=1S/CH3O5PSi/c1-8-4-3-7(2,5-8)6-8/h1H3. The normalized spacial score (nSPS) is 60.6. The van der Waals surface area contributed by atoms with Crippen LogP contribution in [0.1, 0.15) is 0 Å². The molecule has 8 heavy (non-hydrogen) atoms. The van der Waals surface area contributed by atoms with E-state index in [1.54, 1.807) is 6.55 Å².